The van der Waals surface area contributed by atoms with Gasteiger partial charge in [0.2, 0.25) is 11.8 Å². The number of carboxylic acid groups (broad SMARTS) is 2. The first-order valence-electron chi connectivity index (χ1n) is 6.65. The van der Waals surface area contributed by atoms with E-state index in [9.17, 15) is 19.2 Å². The highest BCUT2D eigenvalue weighted by Gasteiger charge is 2.13. The van der Waals surface area contributed by atoms with Crippen LogP contribution in [-0.4, -0.2) is 71.0 Å². The molecule has 0 spiro atoms. The second-order valence-corrected chi connectivity index (χ2v) is 4.77. The Bertz CT molecular complexity index is 360. The fourth-order valence-electron chi connectivity index (χ4n) is 1.60. The number of hydrogen-bond donors (Lipinski definition) is 2. The maximum Gasteiger partial charge on any atom is 0.303 e. The molecule has 0 fully saturated rings. The molecule has 21 heavy (non-hydrogen) atoms. The molecule has 0 rings (SSSR count). The summed E-state index contributed by atoms with van der Waals surface area (Å²) in [6.07, 6.45) is 0.0660. The third-order valence-electron chi connectivity index (χ3n) is 2.94. The largest absolute Gasteiger partial charge is 0.481 e. The molecule has 0 unspecified atom stereocenters. The minimum atomic E-state index is -1.01. The highest BCUT2D eigenvalue weighted by molar-refractivity contribution is 5.81. The fraction of sp³-hybridized carbons (Fsp3) is 0.692. The van der Waals surface area contributed by atoms with Gasteiger partial charge in [0.05, 0.1) is 12.8 Å². The van der Waals surface area contributed by atoms with Crippen LogP contribution in [-0.2, 0) is 19.2 Å². The number of rotatable bonds is 10. The summed E-state index contributed by atoms with van der Waals surface area (Å²) in [7, 11) is 3.16. The number of nitrogens with zero attached hydrogens (tertiary/aromatic N) is 2. The molecular weight excluding hydrogens is 280 g/mol. The lowest BCUT2D eigenvalue weighted by Crippen LogP contribution is -2.33. The van der Waals surface area contributed by atoms with Gasteiger partial charge < -0.3 is 20.0 Å². The van der Waals surface area contributed by atoms with Crippen molar-refractivity contribution < 1.29 is 29.4 Å². The van der Waals surface area contributed by atoms with Gasteiger partial charge in [-0.25, -0.2) is 0 Å². The Labute approximate surface area is 123 Å². The molecule has 0 aromatic rings. The molecule has 8 heteroatoms. The molecule has 0 aliphatic heterocycles. The van der Waals surface area contributed by atoms with Crippen LogP contribution in [0.2, 0.25) is 0 Å². The molecule has 0 aromatic heterocycles. The molecule has 0 radical (unpaired) electrons. The predicted molar refractivity (Wildman–Crippen MR) is 73.6 cm³/mol. The zero-order chi connectivity index (χ0) is 16.4. The summed E-state index contributed by atoms with van der Waals surface area (Å²) >= 11 is 0. The average molecular weight is 302 g/mol. The number of carbonyl (C=O) groups is 4. The van der Waals surface area contributed by atoms with Gasteiger partial charge in [0, 0.05) is 40.0 Å². The first-order chi connectivity index (χ1) is 9.73. The van der Waals surface area contributed by atoms with Crippen molar-refractivity contribution in [1.29, 1.82) is 0 Å². The number of aliphatic carboxylic acids is 2. The smallest absolute Gasteiger partial charge is 0.303 e. The Hall–Kier alpha value is -2.12. The van der Waals surface area contributed by atoms with Crippen LogP contribution in [0.4, 0.5) is 0 Å². The van der Waals surface area contributed by atoms with E-state index in [-0.39, 0.29) is 37.5 Å². The van der Waals surface area contributed by atoms with E-state index in [4.69, 9.17) is 10.2 Å². The Balaban J connectivity index is 3.90. The average Bonchev–Trinajstić information content (AvgIpc) is 2.41. The molecule has 2 amide bonds. The molecule has 0 saturated heterocycles. The lowest BCUT2D eigenvalue weighted by atomic mass is 10.2. The Morgan fingerprint density at radius 2 is 1.05 bits per heavy atom. The van der Waals surface area contributed by atoms with E-state index in [0.717, 1.165) is 0 Å². The van der Waals surface area contributed by atoms with E-state index in [1.54, 1.807) is 14.1 Å². The van der Waals surface area contributed by atoms with Gasteiger partial charge in [-0.1, -0.05) is 0 Å². The van der Waals surface area contributed by atoms with Crippen LogP contribution in [0.25, 0.3) is 0 Å². The SMILES string of the molecule is CN(CCCN(C)C(=O)CCC(=O)O)C(=O)CCC(=O)O. The molecule has 0 heterocycles. The minimum Gasteiger partial charge on any atom is -0.481 e. The van der Waals surface area contributed by atoms with Crippen molar-refractivity contribution in [3.05, 3.63) is 0 Å². The van der Waals surface area contributed by atoms with Crippen molar-refractivity contribution >= 4 is 23.8 Å². The van der Waals surface area contributed by atoms with E-state index in [0.29, 0.717) is 19.5 Å². The summed E-state index contributed by atoms with van der Waals surface area (Å²) < 4.78 is 0. The Kier molecular flexibility index (Phi) is 8.75. The summed E-state index contributed by atoms with van der Waals surface area (Å²) in [5.41, 5.74) is 0. The van der Waals surface area contributed by atoms with Crippen molar-refractivity contribution in [3.8, 4) is 0 Å². The third-order valence-corrected chi connectivity index (χ3v) is 2.94. The van der Waals surface area contributed by atoms with Crippen LogP contribution in [0.1, 0.15) is 32.1 Å². The van der Waals surface area contributed by atoms with Gasteiger partial charge in [-0.05, 0) is 6.42 Å². The summed E-state index contributed by atoms with van der Waals surface area (Å²) in [6, 6.07) is 0. The normalized spacial score (nSPS) is 10.0. The van der Waals surface area contributed by atoms with Gasteiger partial charge in [0.15, 0.2) is 0 Å². The second kappa shape index (κ2) is 9.73. The molecule has 0 bridgehead atoms. The van der Waals surface area contributed by atoms with Crippen LogP contribution < -0.4 is 0 Å². The minimum absolute atomic E-state index is 0.0424. The summed E-state index contributed by atoms with van der Waals surface area (Å²) in [6.45, 7) is 0.823. The topological polar surface area (TPSA) is 115 Å². The van der Waals surface area contributed by atoms with Crippen LogP contribution >= 0.6 is 0 Å². The highest BCUT2D eigenvalue weighted by atomic mass is 16.4. The van der Waals surface area contributed by atoms with E-state index < -0.39 is 11.9 Å². The summed E-state index contributed by atoms with van der Waals surface area (Å²) in [4.78, 5) is 46.7. The predicted octanol–water partition coefficient (Wildman–Crippen LogP) is 0.0229. The first kappa shape index (κ1) is 18.9. The summed E-state index contributed by atoms with van der Waals surface area (Å²) in [5.74, 6) is -2.53. The van der Waals surface area contributed by atoms with Gasteiger partial charge >= 0.3 is 11.9 Å². The van der Waals surface area contributed by atoms with Crippen molar-refractivity contribution in [1.82, 2.24) is 9.80 Å². The lowest BCUT2D eigenvalue weighted by Gasteiger charge is -2.20. The van der Waals surface area contributed by atoms with E-state index in [1.807, 2.05) is 0 Å². The maximum absolute atomic E-state index is 11.6. The molecule has 0 aliphatic carbocycles. The van der Waals surface area contributed by atoms with Gasteiger partial charge in [-0.15, -0.1) is 0 Å². The molecular formula is C13H22N2O6. The lowest BCUT2D eigenvalue weighted by molar-refractivity contribution is -0.140. The van der Waals surface area contributed by atoms with Crippen LogP contribution in [0.15, 0.2) is 0 Å². The zero-order valence-electron chi connectivity index (χ0n) is 12.4. The molecule has 0 aliphatic rings. The van der Waals surface area contributed by atoms with Crippen LogP contribution in [0, 0.1) is 0 Å². The molecule has 0 atom stereocenters. The van der Waals surface area contributed by atoms with Crippen molar-refractivity contribution in [2.24, 2.45) is 0 Å². The number of hydrogen-bond acceptors (Lipinski definition) is 4. The molecule has 120 valence electrons. The summed E-state index contributed by atoms with van der Waals surface area (Å²) in [5, 5.41) is 17.0. The number of carboxylic acids is 2. The monoisotopic (exact) mass is 302 g/mol. The van der Waals surface area contributed by atoms with E-state index in [2.05, 4.69) is 0 Å². The van der Waals surface area contributed by atoms with Crippen molar-refractivity contribution in [3.63, 3.8) is 0 Å². The highest BCUT2D eigenvalue weighted by Crippen LogP contribution is 2.00. The Morgan fingerprint density at radius 1 is 0.714 bits per heavy atom. The van der Waals surface area contributed by atoms with Crippen molar-refractivity contribution in [2.45, 2.75) is 32.1 Å². The van der Waals surface area contributed by atoms with Gasteiger partial charge in [-0.2, -0.15) is 0 Å². The first-order valence-corrected chi connectivity index (χ1v) is 6.65. The van der Waals surface area contributed by atoms with E-state index in [1.165, 1.54) is 9.80 Å². The molecule has 0 saturated carbocycles. The van der Waals surface area contributed by atoms with Gasteiger partial charge in [0.1, 0.15) is 0 Å². The van der Waals surface area contributed by atoms with E-state index >= 15 is 0 Å². The number of carbonyl (C=O) groups excluding carboxylic acids is 2. The van der Waals surface area contributed by atoms with Crippen LogP contribution in [0.5, 0.6) is 0 Å². The molecule has 0 aromatic carbocycles. The van der Waals surface area contributed by atoms with Crippen molar-refractivity contribution in [2.75, 3.05) is 27.2 Å². The maximum atomic E-state index is 11.6. The van der Waals surface area contributed by atoms with Gasteiger partial charge in [-0.3, -0.25) is 19.2 Å². The zero-order valence-corrected chi connectivity index (χ0v) is 12.4. The Morgan fingerprint density at radius 3 is 1.33 bits per heavy atom. The molecule has 8 nitrogen and oxygen atoms in total. The quantitative estimate of drug-likeness (QED) is 0.588. The third kappa shape index (κ3) is 9.42. The molecule has 2 N–H and O–H groups in total. The standard InChI is InChI=1S/C13H22N2O6/c1-14(10(16)4-6-12(18)19)8-3-9-15(2)11(17)5-7-13(20)21/h3-9H2,1-2H3,(H,18,19)(H,20,21). The van der Waals surface area contributed by atoms with Gasteiger partial charge in [0.25, 0.3) is 0 Å². The fourth-order valence-corrected chi connectivity index (χ4v) is 1.60. The second-order valence-electron chi connectivity index (χ2n) is 4.77. The van der Waals surface area contributed by atoms with Crippen LogP contribution in [0.3, 0.4) is 0 Å². The number of amides is 2.